The Balaban J connectivity index is 0. The summed E-state index contributed by atoms with van der Waals surface area (Å²) in [5, 5.41) is 0. The number of hydrogen-bond donors (Lipinski definition) is 0. The van der Waals surface area contributed by atoms with Crippen LogP contribution in [-0.2, 0) is 54.6 Å². The minimum absolute atomic E-state index is 0. The molecule has 36 valence electrons. The molecule has 0 nitrogen and oxygen atoms in total. The van der Waals surface area contributed by atoms with Gasteiger partial charge in [-0.15, -0.1) is 0 Å². The third kappa shape index (κ3) is 23.0. The van der Waals surface area contributed by atoms with E-state index in [9.17, 15) is 0 Å². The average Bonchev–Trinajstić information content (AvgIpc) is 0. The van der Waals surface area contributed by atoms with E-state index in [2.05, 4.69) is 0 Å². The number of hydrogen-bond acceptors (Lipinski definition) is 0. The van der Waals surface area contributed by atoms with Crippen LogP contribution < -0.4 is 51.4 Å². The first-order valence-corrected chi connectivity index (χ1v) is 0. The molecule has 0 aromatic carbocycles. The second-order valence-electron chi connectivity index (χ2n) is 0. The molecule has 0 unspecified atom stereocenters. The molecule has 0 aliphatic rings. The molecule has 0 aliphatic heterocycles. The largest absolute Gasteiger partial charge is 1.00 e. The average molecular weight is 581 g/mol. The van der Waals surface area contributed by atoms with Crippen LogP contribution in [0, 0.1) is 0 Å². The summed E-state index contributed by atoms with van der Waals surface area (Å²) in [6, 6.07) is 0. The molecule has 0 amide bonds. The van der Waals surface area contributed by atoms with Crippen molar-refractivity contribution >= 4 is 50.6 Å². The van der Waals surface area contributed by atoms with Crippen molar-refractivity contribution in [2.24, 2.45) is 0 Å². The van der Waals surface area contributed by atoms with E-state index in [1.165, 1.54) is 0 Å². The summed E-state index contributed by atoms with van der Waals surface area (Å²) in [6.07, 6.45) is 0. The van der Waals surface area contributed by atoms with Crippen LogP contribution in [0.5, 0.6) is 0 Å². The second-order valence-corrected chi connectivity index (χ2v) is 0. The van der Waals surface area contributed by atoms with Gasteiger partial charge in [0.2, 0.25) is 0 Å². The molecule has 6 heavy (non-hydrogen) atoms. The maximum absolute atomic E-state index is 0. The van der Waals surface area contributed by atoms with Crippen molar-refractivity contribution in [3.8, 4) is 0 Å². The van der Waals surface area contributed by atoms with Crippen molar-refractivity contribution in [2.75, 3.05) is 0 Å². The van der Waals surface area contributed by atoms with E-state index >= 15 is 0 Å². The Morgan fingerprint density at radius 3 is 1.17 bits per heavy atom. The van der Waals surface area contributed by atoms with Gasteiger partial charge >= 0.3 is 51.4 Å². The van der Waals surface area contributed by atoms with Crippen molar-refractivity contribution in [3.63, 3.8) is 0 Å². The Kier molecular flexibility index (Phi) is 236. The standard InChI is InChI=1S/Bi.Fe.K.Mo.Ni.Sb.H/q;;+1;;;;-1. The summed E-state index contributed by atoms with van der Waals surface area (Å²) >= 11 is 0. The normalized spacial score (nSPS) is 0. The summed E-state index contributed by atoms with van der Waals surface area (Å²) in [5.74, 6) is 0. The third-order valence-electron chi connectivity index (χ3n) is 0. The minimum atomic E-state index is 0. The van der Waals surface area contributed by atoms with Crippen molar-refractivity contribution in [3.05, 3.63) is 0 Å². The van der Waals surface area contributed by atoms with Gasteiger partial charge in [-0.25, -0.2) is 0 Å². The minimum Gasteiger partial charge on any atom is -1.00 e. The zero-order chi connectivity index (χ0) is 0. The molecule has 0 spiro atoms. The number of rotatable bonds is 0. The fourth-order valence-corrected chi connectivity index (χ4v) is 0. The van der Waals surface area contributed by atoms with Crippen LogP contribution in [0.4, 0.5) is 0 Å². The SMILES string of the molecule is [Bi].[Fe].[H-].[K+].[Mo].[Ni].[Sb]. The Hall–Kier alpha value is 5.04. The Morgan fingerprint density at radius 1 is 1.17 bits per heavy atom. The van der Waals surface area contributed by atoms with Crippen molar-refractivity contribution in [2.45, 2.75) is 0 Å². The van der Waals surface area contributed by atoms with E-state index < -0.39 is 0 Å². The smallest absolute Gasteiger partial charge is 1.00 e. The van der Waals surface area contributed by atoms with Crippen LogP contribution in [-0.4, -0.2) is 50.6 Å². The maximum atomic E-state index is 0. The quantitative estimate of drug-likeness (QED) is 0.259. The van der Waals surface area contributed by atoms with Gasteiger partial charge in [0.05, 0.1) is 0 Å². The van der Waals surface area contributed by atoms with E-state index in [0.29, 0.717) is 0 Å². The van der Waals surface area contributed by atoms with Gasteiger partial charge in [-0.05, 0) is 0 Å². The van der Waals surface area contributed by atoms with Crippen LogP contribution >= 0.6 is 0 Å². The van der Waals surface area contributed by atoms with E-state index in [0.717, 1.165) is 0 Å². The molecule has 0 aromatic heterocycles. The fourth-order valence-electron chi connectivity index (χ4n) is 0. The summed E-state index contributed by atoms with van der Waals surface area (Å²) in [4.78, 5) is 0. The molecule has 0 rings (SSSR count). The van der Waals surface area contributed by atoms with Gasteiger partial charge in [0.25, 0.3) is 0 Å². The van der Waals surface area contributed by atoms with E-state index in [1.807, 2.05) is 0 Å². The molecule has 0 aliphatic carbocycles. The van der Waals surface area contributed by atoms with Gasteiger partial charge in [-0.2, -0.15) is 0 Å². The first-order chi connectivity index (χ1) is 0. The summed E-state index contributed by atoms with van der Waals surface area (Å²) in [7, 11) is 0. The van der Waals surface area contributed by atoms with Crippen LogP contribution in [0.3, 0.4) is 0 Å². The Bertz CT molecular complexity index is 19.7. The molecule has 0 aromatic rings. The van der Waals surface area contributed by atoms with E-state index in [4.69, 9.17) is 0 Å². The molecule has 0 N–H and O–H groups in total. The monoisotopic (exact) mass is 582 g/mol. The molecule has 0 fully saturated rings. The van der Waals surface area contributed by atoms with Crippen molar-refractivity contribution < 1.29 is 107 Å². The molecule has 0 heterocycles. The van der Waals surface area contributed by atoms with Crippen LogP contribution in [0.2, 0.25) is 0 Å². The predicted molar refractivity (Wildman–Crippen MR) is 12.6 cm³/mol. The summed E-state index contributed by atoms with van der Waals surface area (Å²) in [5.41, 5.74) is 0. The first kappa shape index (κ1) is 43.8. The first-order valence-electron chi connectivity index (χ1n) is 0. The van der Waals surface area contributed by atoms with Gasteiger partial charge < -0.3 is 1.43 Å². The molecule has 6 heteroatoms. The Morgan fingerprint density at radius 2 is 1.17 bits per heavy atom. The van der Waals surface area contributed by atoms with Crippen LogP contribution in [0.25, 0.3) is 0 Å². The molecule has 0 saturated heterocycles. The van der Waals surface area contributed by atoms with Gasteiger partial charge in [0.1, 0.15) is 0 Å². The topological polar surface area (TPSA) is 0 Å². The predicted octanol–water partition coefficient (Wildman–Crippen LogP) is -3.65. The third-order valence-corrected chi connectivity index (χ3v) is 0. The van der Waals surface area contributed by atoms with Gasteiger partial charge in [0, 0.05) is 105 Å². The Labute approximate surface area is 154 Å². The maximum Gasteiger partial charge on any atom is 1.00 e. The summed E-state index contributed by atoms with van der Waals surface area (Å²) in [6.45, 7) is 0. The zero-order valence-electron chi connectivity index (χ0n) is 3.97. The summed E-state index contributed by atoms with van der Waals surface area (Å²) < 4.78 is 0. The fraction of sp³-hybridized carbons (Fsp3) is 0. The molecule has 0 bridgehead atoms. The van der Waals surface area contributed by atoms with Crippen LogP contribution in [0.1, 0.15) is 1.43 Å². The molecule has 0 saturated carbocycles. The van der Waals surface area contributed by atoms with Gasteiger partial charge in [-0.1, -0.05) is 0 Å². The molecule has 6 radical (unpaired) electrons. The second kappa shape index (κ2) is 32.3. The molecular weight excluding hydrogens is 580 g/mol. The van der Waals surface area contributed by atoms with E-state index in [1.54, 1.807) is 0 Å². The van der Waals surface area contributed by atoms with Crippen molar-refractivity contribution in [1.82, 2.24) is 0 Å². The van der Waals surface area contributed by atoms with E-state index in [-0.39, 0.29) is 158 Å². The van der Waals surface area contributed by atoms with Gasteiger partial charge in [0.15, 0.2) is 0 Å². The zero-order valence-corrected chi connectivity index (χ0v) is 16.2. The van der Waals surface area contributed by atoms with Gasteiger partial charge in [-0.3, -0.25) is 0 Å². The molecular formula is HBiFeKMoNiSb. The van der Waals surface area contributed by atoms with Crippen LogP contribution in [0.15, 0.2) is 0 Å². The molecule has 0 atom stereocenters. The van der Waals surface area contributed by atoms with Crippen molar-refractivity contribution in [1.29, 1.82) is 0 Å².